The number of carbonyl (C=O) groups excluding carboxylic acids is 1. The van der Waals surface area contributed by atoms with Crippen LogP contribution in [-0.4, -0.2) is 58.0 Å². The third-order valence-electron chi connectivity index (χ3n) is 5.31. The summed E-state index contributed by atoms with van der Waals surface area (Å²) in [7, 11) is 0. The van der Waals surface area contributed by atoms with Crippen LogP contribution in [0.1, 0.15) is 38.5 Å². The van der Waals surface area contributed by atoms with E-state index in [1.54, 1.807) is 17.1 Å². The number of hydrogen-bond acceptors (Lipinski definition) is 4. The van der Waals surface area contributed by atoms with E-state index in [0.29, 0.717) is 11.8 Å². The molecule has 0 unspecified atom stereocenters. The van der Waals surface area contributed by atoms with Gasteiger partial charge in [0.25, 0.3) is 5.56 Å². The van der Waals surface area contributed by atoms with Gasteiger partial charge in [-0.1, -0.05) is 6.42 Å². The molecular formula is C18H28N4O2. The standard InChI is InChI=1S/C18H28N4O2/c23-17-4-2-1-3-9-21(17)13-12-20-10-6-16(7-11-20)14-22-15-19-8-5-18(22)24/h5,8,15-16H,1-4,6-7,9-14H2. The van der Waals surface area contributed by atoms with Crippen molar-refractivity contribution in [3.63, 3.8) is 0 Å². The molecule has 2 aliphatic rings. The van der Waals surface area contributed by atoms with Crippen molar-refractivity contribution in [2.24, 2.45) is 5.92 Å². The molecule has 0 aliphatic carbocycles. The molecule has 1 aromatic heterocycles. The predicted octanol–water partition coefficient (Wildman–Crippen LogP) is 1.36. The second-order valence-corrected chi connectivity index (χ2v) is 7.05. The third-order valence-corrected chi connectivity index (χ3v) is 5.31. The monoisotopic (exact) mass is 332 g/mol. The molecule has 0 spiro atoms. The molecule has 6 nitrogen and oxygen atoms in total. The molecule has 0 bridgehead atoms. The smallest absolute Gasteiger partial charge is 0.253 e. The minimum absolute atomic E-state index is 0.0344. The highest BCUT2D eigenvalue weighted by atomic mass is 16.2. The molecule has 0 atom stereocenters. The first-order valence-electron chi connectivity index (χ1n) is 9.23. The number of nitrogens with zero attached hydrogens (tertiary/aromatic N) is 4. The van der Waals surface area contributed by atoms with Crippen LogP contribution in [-0.2, 0) is 11.3 Å². The minimum atomic E-state index is 0.0344. The highest BCUT2D eigenvalue weighted by molar-refractivity contribution is 5.76. The van der Waals surface area contributed by atoms with E-state index < -0.39 is 0 Å². The van der Waals surface area contributed by atoms with Crippen molar-refractivity contribution in [1.82, 2.24) is 19.4 Å². The Morgan fingerprint density at radius 1 is 1.04 bits per heavy atom. The van der Waals surface area contributed by atoms with Gasteiger partial charge < -0.3 is 9.80 Å². The second kappa shape index (κ2) is 8.42. The van der Waals surface area contributed by atoms with Crippen LogP contribution in [0.3, 0.4) is 0 Å². The lowest BCUT2D eigenvalue weighted by Crippen LogP contribution is -2.42. The Balaban J connectivity index is 1.41. The number of carbonyl (C=O) groups is 1. The molecule has 3 rings (SSSR count). The van der Waals surface area contributed by atoms with Crippen LogP contribution in [0.25, 0.3) is 0 Å². The Hall–Kier alpha value is -1.69. The molecule has 3 heterocycles. The summed E-state index contributed by atoms with van der Waals surface area (Å²) < 4.78 is 1.72. The van der Waals surface area contributed by atoms with Gasteiger partial charge in [-0.05, 0) is 44.7 Å². The van der Waals surface area contributed by atoms with Crippen LogP contribution in [0.4, 0.5) is 0 Å². The maximum Gasteiger partial charge on any atom is 0.253 e. The second-order valence-electron chi connectivity index (χ2n) is 7.05. The van der Waals surface area contributed by atoms with Gasteiger partial charge in [-0.2, -0.15) is 0 Å². The molecule has 2 fully saturated rings. The van der Waals surface area contributed by atoms with Gasteiger partial charge >= 0.3 is 0 Å². The van der Waals surface area contributed by atoms with Crippen molar-refractivity contribution in [3.05, 3.63) is 28.9 Å². The van der Waals surface area contributed by atoms with Crippen LogP contribution in [0.2, 0.25) is 0 Å². The quantitative estimate of drug-likeness (QED) is 0.817. The van der Waals surface area contributed by atoms with Crippen LogP contribution in [0, 0.1) is 5.92 Å². The van der Waals surface area contributed by atoms with Gasteiger partial charge in [0.1, 0.15) is 0 Å². The Morgan fingerprint density at radius 2 is 1.88 bits per heavy atom. The number of hydrogen-bond donors (Lipinski definition) is 0. The van der Waals surface area contributed by atoms with Crippen LogP contribution >= 0.6 is 0 Å². The van der Waals surface area contributed by atoms with Crippen molar-refractivity contribution in [3.8, 4) is 0 Å². The van der Waals surface area contributed by atoms with E-state index in [1.807, 2.05) is 4.90 Å². The topological polar surface area (TPSA) is 58.4 Å². The molecule has 0 saturated carbocycles. The first-order chi connectivity index (χ1) is 11.7. The number of likely N-dealkylation sites (tertiary alicyclic amines) is 2. The number of piperidine rings is 1. The SMILES string of the molecule is O=C1CCCCCN1CCN1CCC(Cn2cnccc2=O)CC1. The Kier molecular flexibility index (Phi) is 6.01. The summed E-state index contributed by atoms with van der Waals surface area (Å²) >= 11 is 0. The molecule has 132 valence electrons. The first-order valence-corrected chi connectivity index (χ1v) is 9.23. The summed E-state index contributed by atoms with van der Waals surface area (Å²) in [5.74, 6) is 0.876. The van der Waals surface area contributed by atoms with Gasteiger partial charge in [-0.3, -0.25) is 14.2 Å². The van der Waals surface area contributed by atoms with E-state index >= 15 is 0 Å². The minimum Gasteiger partial charge on any atom is -0.341 e. The van der Waals surface area contributed by atoms with E-state index in [4.69, 9.17) is 0 Å². The lowest BCUT2D eigenvalue weighted by Gasteiger charge is -2.33. The highest BCUT2D eigenvalue weighted by Gasteiger charge is 2.22. The lowest BCUT2D eigenvalue weighted by molar-refractivity contribution is -0.130. The lowest BCUT2D eigenvalue weighted by atomic mass is 9.96. The summed E-state index contributed by atoms with van der Waals surface area (Å²) in [6, 6.07) is 1.52. The number of aromatic nitrogens is 2. The third kappa shape index (κ3) is 4.66. The summed E-state index contributed by atoms with van der Waals surface area (Å²) in [5, 5.41) is 0. The average Bonchev–Trinajstić information content (AvgIpc) is 2.81. The number of rotatable bonds is 5. The molecule has 0 N–H and O–H groups in total. The summed E-state index contributed by atoms with van der Waals surface area (Å²) in [6.07, 6.45) is 9.50. The Labute approximate surface area is 143 Å². The summed E-state index contributed by atoms with van der Waals surface area (Å²) in [6.45, 7) is 5.66. The molecule has 24 heavy (non-hydrogen) atoms. The van der Waals surface area contributed by atoms with Gasteiger partial charge in [-0.15, -0.1) is 0 Å². The molecule has 1 amide bonds. The molecule has 2 saturated heterocycles. The maximum absolute atomic E-state index is 12.0. The summed E-state index contributed by atoms with van der Waals surface area (Å²) in [5.41, 5.74) is 0.0344. The van der Waals surface area contributed by atoms with Crippen molar-refractivity contribution >= 4 is 5.91 Å². The van der Waals surface area contributed by atoms with Gasteiger partial charge in [-0.25, -0.2) is 4.98 Å². The normalized spacial score (nSPS) is 21.0. The zero-order valence-corrected chi connectivity index (χ0v) is 14.4. The van der Waals surface area contributed by atoms with E-state index in [-0.39, 0.29) is 5.56 Å². The van der Waals surface area contributed by atoms with Gasteiger partial charge in [0.2, 0.25) is 5.91 Å². The van der Waals surface area contributed by atoms with Crippen molar-refractivity contribution < 1.29 is 4.79 Å². The van der Waals surface area contributed by atoms with E-state index in [9.17, 15) is 9.59 Å². The zero-order valence-electron chi connectivity index (χ0n) is 14.4. The first kappa shape index (κ1) is 17.1. The molecule has 0 radical (unpaired) electrons. The number of amides is 1. The molecule has 1 aromatic rings. The Bertz CT molecular complexity index is 593. The van der Waals surface area contributed by atoms with Gasteiger partial charge in [0.05, 0.1) is 6.33 Å². The van der Waals surface area contributed by atoms with Crippen LogP contribution in [0.15, 0.2) is 23.4 Å². The van der Waals surface area contributed by atoms with Crippen molar-refractivity contribution in [2.75, 3.05) is 32.7 Å². The van der Waals surface area contributed by atoms with E-state index in [2.05, 4.69) is 9.88 Å². The average molecular weight is 332 g/mol. The predicted molar refractivity (Wildman–Crippen MR) is 92.7 cm³/mol. The Morgan fingerprint density at radius 3 is 2.67 bits per heavy atom. The molecule has 2 aliphatic heterocycles. The fraction of sp³-hybridized carbons (Fsp3) is 0.722. The maximum atomic E-state index is 12.0. The van der Waals surface area contributed by atoms with Crippen molar-refractivity contribution in [1.29, 1.82) is 0 Å². The van der Waals surface area contributed by atoms with Gasteiger partial charge in [0.15, 0.2) is 0 Å². The van der Waals surface area contributed by atoms with E-state index in [0.717, 1.165) is 71.4 Å². The fourth-order valence-electron chi connectivity index (χ4n) is 3.72. The largest absolute Gasteiger partial charge is 0.341 e. The van der Waals surface area contributed by atoms with Crippen molar-refractivity contribution in [2.45, 2.75) is 45.1 Å². The van der Waals surface area contributed by atoms with Crippen LogP contribution in [0.5, 0.6) is 0 Å². The summed E-state index contributed by atoms with van der Waals surface area (Å²) in [4.78, 5) is 32.4. The molecular weight excluding hydrogens is 304 g/mol. The molecule has 6 heteroatoms. The fourth-order valence-corrected chi connectivity index (χ4v) is 3.72. The highest BCUT2D eigenvalue weighted by Crippen LogP contribution is 2.19. The van der Waals surface area contributed by atoms with E-state index in [1.165, 1.54) is 12.5 Å². The van der Waals surface area contributed by atoms with Gasteiger partial charge in [0, 0.05) is 44.9 Å². The van der Waals surface area contributed by atoms with Crippen LogP contribution < -0.4 is 5.56 Å². The molecule has 0 aromatic carbocycles. The zero-order chi connectivity index (χ0) is 16.8.